The molecule has 128 valence electrons. The molecule has 0 heterocycles. The first-order valence-corrected chi connectivity index (χ1v) is 9.35. The van der Waals surface area contributed by atoms with Crippen molar-refractivity contribution in [3.63, 3.8) is 0 Å². The molecule has 3 saturated carbocycles. The minimum atomic E-state index is -0.562. The number of hydrogen-bond donors (Lipinski definition) is 1. The summed E-state index contributed by atoms with van der Waals surface area (Å²) in [6.07, 6.45) is 7.01. The Labute approximate surface area is 138 Å². The summed E-state index contributed by atoms with van der Waals surface area (Å²) >= 11 is 0. The highest BCUT2D eigenvalue weighted by atomic mass is 19.1. The van der Waals surface area contributed by atoms with Crippen molar-refractivity contribution in [2.45, 2.75) is 77.7 Å². The van der Waals surface area contributed by atoms with Crippen molar-refractivity contribution in [3.05, 3.63) is 11.4 Å². The van der Waals surface area contributed by atoms with E-state index in [4.69, 9.17) is 0 Å². The summed E-state index contributed by atoms with van der Waals surface area (Å²) in [5.74, 6) is 0.925. The molecule has 1 N–H and O–H groups in total. The van der Waals surface area contributed by atoms with E-state index in [0.29, 0.717) is 24.2 Å². The van der Waals surface area contributed by atoms with Gasteiger partial charge < -0.3 is 5.11 Å². The van der Waals surface area contributed by atoms with Crippen LogP contribution in [0.15, 0.2) is 11.4 Å². The predicted molar refractivity (Wildman–Crippen MR) is 87.4 cm³/mol. The van der Waals surface area contributed by atoms with E-state index in [1.54, 1.807) is 0 Å². The summed E-state index contributed by atoms with van der Waals surface area (Å²) in [4.78, 5) is 11.8. The lowest BCUT2D eigenvalue weighted by molar-refractivity contribution is -0.126. The number of aliphatic hydroxyl groups is 1. The largest absolute Gasteiger partial charge is 0.390 e. The van der Waals surface area contributed by atoms with E-state index in [0.717, 1.165) is 50.5 Å². The molecule has 4 aliphatic carbocycles. The Morgan fingerprint density at radius 1 is 1.00 bits per heavy atom. The number of carbonyl (C=O) groups excluding carboxylic acids is 1. The van der Waals surface area contributed by atoms with Crippen molar-refractivity contribution >= 4 is 5.78 Å². The normalized spacial score (nSPS) is 52.9. The number of carbonyl (C=O) groups is 1. The van der Waals surface area contributed by atoms with Crippen molar-refractivity contribution in [3.8, 4) is 0 Å². The Morgan fingerprint density at radius 2 is 1.70 bits per heavy atom. The number of Topliss-reactive ketones (excluding diaryl/α,β-unsaturated/α-hetero) is 1. The van der Waals surface area contributed by atoms with Crippen LogP contribution in [0.4, 0.5) is 4.39 Å². The molecule has 3 heteroatoms. The SMILES string of the molecule is CC1(O)CC[C@H]2[C@@H]3CCC4=C(F)C(=O)CC[C@]4(C)[C@@H]3CC[C@@]21C. The lowest BCUT2D eigenvalue weighted by atomic mass is 9.46. The van der Waals surface area contributed by atoms with Gasteiger partial charge in [-0.1, -0.05) is 13.8 Å². The molecular weight excluding hydrogens is 291 g/mol. The molecule has 6 atom stereocenters. The second-order valence-corrected chi connectivity index (χ2v) is 9.32. The molecule has 0 saturated heterocycles. The van der Waals surface area contributed by atoms with E-state index in [-0.39, 0.29) is 16.6 Å². The summed E-state index contributed by atoms with van der Waals surface area (Å²) in [6.45, 7) is 6.50. The number of ketones is 1. The van der Waals surface area contributed by atoms with Crippen molar-refractivity contribution in [1.82, 2.24) is 0 Å². The van der Waals surface area contributed by atoms with Crippen molar-refractivity contribution < 1.29 is 14.3 Å². The van der Waals surface area contributed by atoms with Gasteiger partial charge in [0.25, 0.3) is 0 Å². The molecule has 0 amide bonds. The molecule has 0 radical (unpaired) electrons. The number of hydrogen-bond acceptors (Lipinski definition) is 2. The van der Waals surface area contributed by atoms with Crippen LogP contribution >= 0.6 is 0 Å². The van der Waals surface area contributed by atoms with Crippen LogP contribution in [-0.2, 0) is 4.79 Å². The van der Waals surface area contributed by atoms with Gasteiger partial charge in [-0.25, -0.2) is 4.39 Å². The van der Waals surface area contributed by atoms with Crippen LogP contribution in [0.1, 0.15) is 72.1 Å². The Hall–Kier alpha value is -0.700. The Balaban J connectivity index is 1.72. The third kappa shape index (κ3) is 1.86. The number of fused-ring (bicyclic) bond motifs is 5. The lowest BCUT2D eigenvalue weighted by Gasteiger charge is -2.58. The van der Waals surface area contributed by atoms with Gasteiger partial charge in [0, 0.05) is 6.42 Å². The maximum atomic E-state index is 14.5. The van der Waals surface area contributed by atoms with Crippen LogP contribution in [0.5, 0.6) is 0 Å². The van der Waals surface area contributed by atoms with Crippen LogP contribution in [-0.4, -0.2) is 16.5 Å². The fourth-order valence-electron chi connectivity index (χ4n) is 6.89. The van der Waals surface area contributed by atoms with E-state index in [2.05, 4.69) is 13.8 Å². The zero-order valence-electron chi connectivity index (χ0n) is 14.6. The predicted octanol–water partition coefficient (Wildman–Crippen LogP) is 4.57. The zero-order valence-corrected chi connectivity index (χ0v) is 14.6. The van der Waals surface area contributed by atoms with Gasteiger partial charge in [0.1, 0.15) is 0 Å². The van der Waals surface area contributed by atoms with Crippen molar-refractivity contribution in [2.24, 2.45) is 28.6 Å². The van der Waals surface area contributed by atoms with Crippen LogP contribution in [0.2, 0.25) is 0 Å². The average molecular weight is 320 g/mol. The van der Waals surface area contributed by atoms with Gasteiger partial charge >= 0.3 is 0 Å². The molecule has 4 rings (SSSR count). The van der Waals surface area contributed by atoms with Gasteiger partial charge in [0.2, 0.25) is 0 Å². The molecule has 23 heavy (non-hydrogen) atoms. The smallest absolute Gasteiger partial charge is 0.191 e. The molecule has 4 aliphatic rings. The highest BCUT2D eigenvalue weighted by molar-refractivity contribution is 5.95. The second-order valence-electron chi connectivity index (χ2n) is 9.32. The van der Waals surface area contributed by atoms with E-state index < -0.39 is 11.4 Å². The highest BCUT2D eigenvalue weighted by Crippen LogP contribution is 2.67. The van der Waals surface area contributed by atoms with Crippen LogP contribution in [0, 0.1) is 28.6 Å². The summed E-state index contributed by atoms with van der Waals surface area (Å²) in [6, 6.07) is 0. The molecule has 0 aliphatic heterocycles. The monoisotopic (exact) mass is 320 g/mol. The first-order valence-electron chi connectivity index (χ1n) is 9.35. The minimum absolute atomic E-state index is 0.00871. The number of halogens is 1. The number of allylic oxidation sites excluding steroid dienone is 1. The van der Waals surface area contributed by atoms with Crippen LogP contribution < -0.4 is 0 Å². The van der Waals surface area contributed by atoms with Crippen molar-refractivity contribution in [2.75, 3.05) is 0 Å². The average Bonchev–Trinajstić information content (AvgIpc) is 2.74. The fraction of sp³-hybridized carbons (Fsp3) is 0.850. The Kier molecular flexibility index (Phi) is 3.22. The van der Waals surface area contributed by atoms with E-state index >= 15 is 0 Å². The topological polar surface area (TPSA) is 37.3 Å². The third-order valence-electron chi connectivity index (χ3n) is 8.62. The second kappa shape index (κ2) is 4.68. The summed E-state index contributed by atoms with van der Waals surface area (Å²) in [5.41, 5.74) is 0.141. The standard InChI is InChI=1S/C20H29FO2/c1-18-9-8-16(22)17(21)15(18)5-4-12-13(18)6-10-19(2)14(12)7-11-20(19,3)23/h12-14,23H,4-11H2,1-3H3/t12-,13-,14+,18-,19+,20?/m1/s1. The molecule has 1 unspecified atom stereocenters. The summed E-state index contributed by atoms with van der Waals surface area (Å²) in [5, 5.41) is 10.9. The van der Waals surface area contributed by atoms with Gasteiger partial charge in [-0.2, -0.15) is 0 Å². The van der Waals surface area contributed by atoms with Gasteiger partial charge in [-0.15, -0.1) is 0 Å². The van der Waals surface area contributed by atoms with Crippen molar-refractivity contribution in [1.29, 1.82) is 0 Å². The molecular formula is C20H29FO2. The van der Waals surface area contributed by atoms with Gasteiger partial charge in [-0.05, 0) is 86.0 Å². The summed E-state index contributed by atoms with van der Waals surface area (Å²) < 4.78 is 14.5. The Morgan fingerprint density at radius 3 is 2.43 bits per heavy atom. The van der Waals surface area contributed by atoms with Crippen LogP contribution in [0.25, 0.3) is 0 Å². The van der Waals surface area contributed by atoms with Gasteiger partial charge in [-0.3, -0.25) is 4.79 Å². The van der Waals surface area contributed by atoms with Gasteiger partial charge in [0.15, 0.2) is 11.6 Å². The maximum absolute atomic E-state index is 14.5. The molecule has 0 aromatic carbocycles. The zero-order chi connectivity index (χ0) is 16.6. The van der Waals surface area contributed by atoms with E-state index in [9.17, 15) is 14.3 Å². The van der Waals surface area contributed by atoms with Crippen LogP contribution in [0.3, 0.4) is 0 Å². The third-order valence-corrected chi connectivity index (χ3v) is 8.62. The first-order chi connectivity index (χ1) is 10.7. The molecule has 2 nitrogen and oxygen atoms in total. The first kappa shape index (κ1) is 15.8. The molecule has 0 spiro atoms. The van der Waals surface area contributed by atoms with Gasteiger partial charge in [0.05, 0.1) is 5.60 Å². The summed E-state index contributed by atoms with van der Waals surface area (Å²) in [7, 11) is 0. The highest BCUT2D eigenvalue weighted by Gasteiger charge is 2.62. The van der Waals surface area contributed by atoms with E-state index in [1.165, 1.54) is 0 Å². The minimum Gasteiger partial charge on any atom is -0.390 e. The molecule has 0 aromatic heterocycles. The number of rotatable bonds is 0. The molecule has 0 aromatic rings. The molecule has 3 fully saturated rings. The fourth-order valence-corrected chi connectivity index (χ4v) is 6.89. The maximum Gasteiger partial charge on any atom is 0.191 e. The lowest BCUT2D eigenvalue weighted by Crippen LogP contribution is -2.54. The molecule has 0 bridgehead atoms. The van der Waals surface area contributed by atoms with E-state index in [1.807, 2.05) is 6.92 Å². The Bertz CT molecular complexity index is 592. The quantitative estimate of drug-likeness (QED) is 0.710.